The average molecular weight is 193 g/mol. The van der Waals surface area contributed by atoms with Gasteiger partial charge in [0.25, 0.3) is 0 Å². The van der Waals surface area contributed by atoms with E-state index in [1.165, 1.54) is 5.56 Å². The third-order valence-corrected chi connectivity index (χ3v) is 4.34. The van der Waals surface area contributed by atoms with Gasteiger partial charge in [0, 0.05) is 0 Å². The quantitative estimate of drug-likeness (QED) is 0.727. The fraction of sp³-hybridized carbons (Fsp3) is 0.455. The highest BCUT2D eigenvalue weighted by molar-refractivity contribution is 6.89. The van der Waals surface area contributed by atoms with Gasteiger partial charge in [-0.25, -0.2) is 0 Å². The largest absolute Gasteiger partial charge is 0.330 e. The van der Waals surface area contributed by atoms with E-state index in [2.05, 4.69) is 43.9 Å². The Morgan fingerprint density at radius 3 is 2.31 bits per heavy atom. The fourth-order valence-electron chi connectivity index (χ4n) is 1.63. The summed E-state index contributed by atoms with van der Waals surface area (Å²) in [6, 6.07) is 8.71. The Morgan fingerprint density at radius 1 is 1.15 bits per heavy atom. The lowest BCUT2D eigenvalue weighted by Crippen LogP contribution is -2.40. The number of hydrogen-bond donors (Lipinski definition) is 1. The van der Waals surface area contributed by atoms with Gasteiger partial charge in [-0.2, -0.15) is 0 Å². The fourth-order valence-corrected chi connectivity index (χ4v) is 3.39. The summed E-state index contributed by atoms with van der Waals surface area (Å²) in [6.45, 7) is 7.88. The standard InChI is InChI=1S/C11H19NSi/c1-13(2,3)11-7-5-4-6-10(11)8-9-12/h4-7H,8-9,12H2,1-3H3. The minimum atomic E-state index is -1.17. The van der Waals surface area contributed by atoms with Crippen LogP contribution in [0, 0.1) is 0 Å². The van der Waals surface area contributed by atoms with Gasteiger partial charge in [-0.1, -0.05) is 49.1 Å². The summed E-state index contributed by atoms with van der Waals surface area (Å²) in [4.78, 5) is 0. The van der Waals surface area contributed by atoms with E-state index in [1.807, 2.05) is 0 Å². The van der Waals surface area contributed by atoms with E-state index in [4.69, 9.17) is 5.73 Å². The summed E-state index contributed by atoms with van der Waals surface area (Å²) < 4.78 is 0. The highest BCUT2D eigenvalue weighted by Crippen LogP contribution is 2.07. The molecular formula is C11H19NSi. The first-order valence-corrected chi connectivity index (χ1v) is 8.34. The highest BCUT2D eigenvalue weighted by atomic mass is 28.3. The van der Waals surface area contributed by atoms with E-state index >= 15 is 0 Å². The zero-order chi connectivity index (χ0) is 9.90. The van der Waals surface area contributed by atoms with Gasteiger partial charge in [0.1, 0.15) is 0 Å². The monoisotopic (exact) mass is 193 g/mol. The van der Waals surface area contributed by atoms with E-state index in [0.717, 1.165) is 13.0 Å². The Labute approximate surface area is 82.0 Å². The van der Waals surface area contributed by atoms with E-state index in [1.54, 1.807) is 5.19 Å². The van der Waals surface area contributed by atoms with Crippen LogP contribution in [0.4, 0.5) is 0 Å². The van der Waals surface area contributed by atoms with Crippen molar-refractivity contribution in [1.82, 2.24) is 0 Å². The van der Waals surface area contributed by atoms with Crippen LogP contribution in [0.25, 0.3) is 0 Å². The molecule has 0 aliphatic heterocycles. The lowest BCUT2D eigenvalue weighted by Gasteiger charge is -2.20. The van der Waals surface area contributed by atoms with Crippen molar-refractivity contribution in [2.45, 2.75) is 26.1 Å². The minimum Gasteiger partial charge on any atom is -0.330 e. The summed E-state index contributed by atoms with van der Waals surface area (Å²) in [5, 5.41) is 1.56. The molecule has 0 saturated heterocycles. The van der Waals surface area contributed by atoms with Crippen LogP contribution in [-0.4, -0.2) is 14.6 Å². The van der Waals surface area contributed by atoms with Crippen LogP contribution in [0.5, 0.6) is 0 Å². The summed E-state index contributed by atoms with van der Waals surface area (Å²) >= 11 is 0. The zero-order valence-electron chi connectivity index (χ0n) is 8.80. The molecule has 0 radical (unpaired) electrons. The Kier molecular flexibility index (Phi) is 3.28. The van der Waals surface area contributed by atoms with Crippen molar-refractivity contribution in [2.24, 2.45) is 5.73 Å². The topological polar surface area (TPSA) is 26.0 Å². The first-order chi connectivity index (χ1) is 6.05. The van der Waals surface area contributed by atoms with Crippen LogP contribution < -0.4 is 10.9 Å². The summed E-state index contributed by atoms with van der Waals surface area (Å²) in [7, 11) is -1.17. The molecule has 0 aliphatic rings. The molecule has 0 amide bonds. The van der Waals surface area contributed by atoms with E-state index < -0.39 is 8.07 Å². The Bertz CT molecular complexity index is 276. The predicted molar refractivity (Wildman–Crippen MR) is 62.2 cm³/mol. The Balaban J connectivity index is 3.05. The van der Waals surface area contributed by atoms with Crippen LogP contribution in [-0.2, 0) is 6.42 Å². The van der Waals surface area contributed by atoms with Crippen molar-refractivity contribution in [1.29, 1.82) is 0 Å². The van der Waals surface area contributed by atoms with Crippen molar-refractivity contribution in [3.63, 3.8) is 0 Å². The Hall–Kier alpha value is -0.603. The average Bonchev–Trinajstić information content (AvgIpc) is 2.04. The van der Waals surface area contributed by atoms with Gasteiger partial charge in [0.2, 0.25) is 0 Å². The van der Waals surface area contributed by atoms with Crippen molar-refractivity contribution < 1.29 is 0 Å². The molecule has 72 valence electrons. The van der Waals surface area contributed by atoms with Gasteiger partial charge in [-0.05, 0) is 18.5 Å². The summed E-state index contributed by atoms with van der Waals surface area (Å²) in [5.74, 6) is 0. The molecule has 13 heavy (non-hydrogen) atoms. The molecule has 0 fully saturated rings. The van der Waals surface area contributed by atoms with Crippen LogP contribution >= 0.6 is 0 Å². The van der Waals surface area contributed by atoms with E-state index in [0.29, 0.717) is 0 Å². The SMILES string of the molecule is C[Si](C)(C)c1ccccc1CCN. The molecule has 0 saturated carbocycles. The molecular weight excluding hydrogens is 174 g/mol. The van der Waals surface area contributed by atoms with Crippen molar-refractivity contribution in [3.8, 4) is 0 Å². The molecule has 0 heterocycles. The number of rotatable bonds is 3. The Morgan fingerprint density at radius 2 is 1.77 bits per heavy atom. The van der Waals surface area contributed by atoms with E-state index in [-0.39, 0.29) is 0 Å². The van der Waals surface area contributed by atoms with Crippen LogP contribution in [0.1, 0.15) is 5.56 Å². The van der Waals surface area contributed by atoms with Crippen LogP contribution in [0.15, 0.2) is 24.3 Å². The molecule has 1 aromatic rings. The molecule has 0 unspecified atom stereocenters. The second-order valence-corrected chi connectivity index (χ2v) is 9.48. The van der Waals surface area contributed by atoms with Crippen molar-refractivity contribution >= 4 is 13.3 Å². The summed E-state index contributed by atoms with van der Waals surface area (Å²) in [6.07, 6.45) is 1.01. The van der Waals surface area contributed by atoms with Gasteiger partial charge in [0.05, 0.1) is 8.07 Å². The first-order valence-electron chi connectivity index (χ1n) is 4.84. The van der Waals surface area contributed by atoms with Crippen molar-refractivity contribution in [3.05, 3.63) is 29.8 Å². The number of hydrogen-bond acceptors (Lipinski definition) is 1. The smallest absolute Gasteiger partial charge is 0.0779 e. The molecule has 0 spiro atoms. The molecule has 0 aromatic heterocycles. The molecule has 2 N–H and O–H groups in total. The second-order valence-electron chi connectivity index (χ2n) is 4.45. The number of benzene rings is 1. The lowest BCUT2D eigenvalue weighted by atomic mass is 10.1. The van der Waals surface area contributed by atoms with Crippen LogP contribution in [0.3, 0.4) is 0 Å². The molecule has 0 bridgehead atoms. The maximum absolute atomic E-state index is 5.59. The molecule has 2 heteroatoms. The first kappa shape index (κ1) is 10.5. The third kappa shape index (κ3) is 2.67. The van der Waals surface area contributed by atoms with Gasteiger partial charge < -0.3 is 5.73 Å². The lowest BCUT2D eigenvalue weighted by molar-refractivity contribution is 0.974. The summed E-state index contributed by atoms with van der Waals surface area (Å²) in [5.41, 5.74) is 7.04. The van der Waals surface area contributed by atoms with Gasteiger partial charge in [-0.15, -0.1) is 0 Å². The van der Waals surface area contributed by atoms with Gasteiger partial charge >= 0.3 is 0 Å². The highest BCUT2D eigenvalue weighted by Gasteiger charge is 2.18. The molecule has 1 nitrogen and oxygen atoms in total. The predicted octanol–water partition coefficient (Wildman–Crippen LogP) is 1.73. The maximum Gasteiger partial charge on any atom is 0.0779 e. The second kappa shape index (κ2) is 4.07. The normalized spacial score (nSPS) is 11.7. The molecule has 1 aromatic carbocycles. The maximum atomic E-state index is 5.59. The van der Waals surface area contributed by atoms with Gasteiger partial charge in [0.15, 0.2) is 0 Å². The number of nitrogens with two attached hydrogens (primary N) is 1. The molecule has 0 aliphatic carbocycles. The van der Waals surface area contributed by atoms with E-state index in [9.17, 15) is 0 Å². The van der Waals surface area contributed by atoms with Gasteiger partial charge in [-0.3, -0.25) is 0 Å². The third-order valence-electron chi connectivity index (χ3n) is 2.24. The van der Waals surface area contributed by atoms with Crippen LogP contribution in [0.2, 0.25) is 19.6 Å². The minimum absolute atomic E-state index is 0.751. The molecule has 0 atom stereocenters. The zero-order valence-corrected chi connectivity index (χ0v) is 9.80. The molecule has 1 rings (SSSR count). The van der Waals surface area contributed by atoms with Crippen molar-refractivity contribution in [2.75, 3.05) is 6.54 Å².